The van der Waals surface area contributed by atoms with E-state index in [0.29, 0.717) is 5.41 Å². The van der Waals surface area contributed by atoms with E-state index in [1.165, 1.54) is 63.5 Å². The summed E-state index contributed by atoms with van der Waals surface area (Å²) in [5.41, 5.74) is 4.49. The SMILES string of the molecule is Cc1c(/C=N\N=C2\CC[C@@H]3[C@H]4CC[C@H]5CCCC[C@]5(C)[C@@H]4CC[C@]23C)cnn1C. The van der Waals surface area contributed by atoms with Crippen LogP contribution in [0.25, 0.3) is 0 Å². The third-order valence-corrected chi connectivity index (χ3v) is 9.97. The summed E-state index contributed by atoms with van der Waals surface area (Å²) in [5, 5.41) is 13.6. The molecule has 0 saturated heterocycles. The van der Waals surface area contributed by atoms with Crippen LogP contribution in [-0.2, 0) is 7.05 Å². The molecule has 158 valence electrons. The third-order valence-electron chi connectivity index (χ3n) is 9.97. The molecule has 0 amide bonds. The number of rotatable bonds is 2. The molecule has 6 atom stereocenters. The molecule has 1 heterocycles. The Morgan fingerprint density at radius 3 is 2.72 bits per heavy atom. The van der Waals surface area contributed by atoms with E-state index in [1.54, 1.807) is 0 Å². The summed E-state index contributed by atoms with van der Waals surface area (Å²) in [4.78, 5) is 0. The van der Waals surface area contributed by atoms with Crippen molar-refractivity contribution >= 4 is 11.9 Å². The maximum atomic E-state index is 4.81. The Morgan fingerprint density at radius 2 is 1.93 bits per heavy atom. The van der Waals surface area contributed by atoms with Crippen molar-refractivity contribution < 1.29 is 0 Å². The number of aryl methyl sites for hydroxylation is 1. The van der Waals surface area contributed by atoms with Crippen molar-refractivity contribution in [1.82, 2.24) is 9.78 Å². The van der Waals surface area contributed by atoms with Crippen molar-refractivity contribution in [2.45, 2.75) is 85.0 Å². The fraction of sp³-hybridized carbons (Fsp3) is 0.800. The van der Waals surface area contributed by atoms with Crippen LogP contribution in [0.3, 0.4) is 0 Å². The van der Waals surface area contributed by atoms with Gasteiger partial charge < -0.3 is 0 Å². The molecule has 0 unspecified atom stereocenters. The van der Waals surface area contributed by atoms with Gasteiger partial charge >= 0.3 is 0 Å². The molecule has 1 aromatic heterocycles. The van der Waals surface area contributed by atoms with Crippen molar-refractivity contribution in [2.24, 2.45) is 51.8 Å². The first-order chi connectivity index (χ1) is 13.9. The van der Waals surface area contributed by atoms with Crippen LogP contribution in [0.1, 0.15) is 89.3 Å². The van der Waals surface area contributed by atoms with E-state index < -0.39 is 0 Å². The lowest BCUT2D eigenvalue weighted by atomic mass is 9.45. The molecule has 4 aliphatic carbocycles. The van der Waals surface area contributed by atoms with Crippen LogP contribution >= 0.6 is 0 Å². The van der Waals surface area contributed by atoms with Gasteiger partial charge in [0.25, 0.3) is 0 Å². The minimum Gasteiger partial charge on any atom is -0.272 e. The van der Waals surface area contributed by atoms with Crippen molar-refractivity contribution in [2.75, 3.05) is 0 Å². The highest BCUT2D eigenvalue weighted by Crippen LogP contribution is 2.65. The first-order valence-corrected chi connectivity index (χ1v) is 12.0. The molecule has 29 heavy (non-hydrogen) atoms. The van der Waals surface area contributed by atoms with Crippen molar-refractivity contribution in [3.63, 3.8) is 0 Å². The Balaban J connectivity index is 1.37. The smallest absolute Gasteiger partial charge is 0.0602 e. The van der Waals surface area contributed by atoms with Gasteiger partial charge in [0.1, 0.15) is 0 Å². The first kappa shape index (κ1) is 19.5. The Morgan fingerprint density at radius 1 is 1.07 bits per heavy atom. The van der Waals surface area contributed by atoms with Gasteiger partial charge in [-0.15, -0.1) is 0 Å². The molecule has 4 aliphatic rings. The van der Waals surface area contributed by atoms with E-state index in [0.717, 1.165) is 41.3 Å². The molecule has 5 rings (SSSR count). The highest BCUT2D eigenvalue weighted by Gasteiger charge is 2.58. The highest BCUT2D eigenvalue weighted by atomic mass is 15.3. The second-order valence-electron chi connectivity index (χ2n) is 11.0. The number of hydrogen-bond donors (Lipinski definition) is 0. The topological polar surface area (TPSA) is 42.5 Å². The zero-order valence-electron chi connectivity index (χ0n) is 18.8. The standard InChI is InChI=1S/C25H38N4/c1-17-18(16-27-29(17)4)15-26-28-23-11-10-21-20-9-8-19-7-5-6-13-24(19,2)22(20)12-14-25(21,23)3/h15-16,19-22H,5-14H2,1-4H3/b26-15-,28-23-/t19-,20-,21-,22-,24+,25+/m1/s1. The maximum Gasteiger partial charge on any atom is 0.0602 e. The van der Waals surface area contributed by atoms with Gasteiger partial charge in [0, 0.05) is 29.4 Å². The Hall–Kier alpha value is -1.45. The van der Waals surface area contributed by atoms with E-state index in [1.807, 2.05) is 24.1 Å². The average molecular weight is 395 g/mol. The Bertz CT molecular complexity index is 836. The molecule has 0 aliphatic heterocycles. The molecule has 0 bridgehead atoms. The van der Waals surface area contributed by atoms with Crippen LogP contribution in [0, 0.1) is 41.4 Å². The van der Waals surface area contributed by atoms with E-state index in [2.05, 4.69) is 31.0 Å². The summed E-state index contributed by atoms with van der Waals surface area (Å²) < 4.78 is 1.89. The number of aromatic nitrogens is 2. The largest absolute Gasteiger partial charge is 0.272 e. The van der Waals surface area contributed by atoms with Gasteiger partial charge in [-0.1, -0.05) is 26.7 Å². The summed E-state index contributed by atoms with van der Waals surface area (Å²) in [6.45, 7) is 7.26. The normalized spacial score (nSPS) is 43.4. The predicted molar refractivity (Wildman–Crippen MR) is 119 cm³/mol. The van der Waals surface area contributed by atoms with Crippen molar-refractivity contribution in [3.8, 4) is 0 Å². The van der Waals surface area contributed by atoms with Crippen LogP contribution in [0.2, 0.25) is 0 Å². The predicted octanol–water partition coefficient (Wildman–Crippen LogP) is 5.94. The molecular formula is C25H38N4. The molecule has 1 aromatic rings. The summed E-state index contributed by atoms with van der Waals surface area (Å²) >= 11 is 0. The highest BCUT2D eigenvalue weighted by molar-refractivity contribution is 5.93. The van der Waals surface area contributed by atoms with Crippen LogP contribution < -0.4 is 0 Å². The molecule has 0 N–H and O–H groups in total. The van der Waals surface area contributed by atoms with Gasteiger partial charge in [0.15, 0.2) is 0 Å². The molecule has 4 nitrogen and oxygen atoms in total. The molecule has 0 radical (unpaired) electrons. The summed E-state index contributed by atoms with van der Waals surface area (Å²) in [5.74, 6) is 3.71. The summed E-state index contributed by atoms with van der Waals surface area (Å²) in [7, 11) is 1.97. The quantitative estimate of drug-likeness (QED) is 0.452. The van der Waals surface area contributed by atoms with Gasteiger partial charge in [-0.05, 0) is 87.4 Å². The Kier molecular flexibility index (Phi) is 4.75. The van der Waals surface area contributed by atoms with E-state index >= 15 is 0 Å². The monoisotopic (exact) mass is 394 g/mol. The van der Waals surface area contributed by atoms with E-state index in [-0.39, 0.29) is 5.41 Å². The minimum absolute atomic E-state index is 0.278. The van der Waals surface area contributed by atoms with Gasteiger partial charge in [0.2, 0.25) is 0 Å². The first-order valence-electron chi connectivity index (χ1n) is 12.0. The Labute approximate surface area is 176 Å². The van der Waals surface area contributed by atoms with Crippen LogP contribution in [0.4, 0.5) is 0 Å². The maximum absolute atomic E-state index is 4.81. The third kappa shape index (κ3) is 2.96. The van der Waals surface area contributed by atoms with Crippen LogP contribution in [-0.4, -0.2) is 21.7 Å². The molecule has 0 spiro atoms. The average Bonchev–Trinajstić information content (AvgIpc) is 3.21. The van der Waals surface area contributed by atoms with Gasteiger partial charge in [-0.3, -0.25) is 4.68 Å². The number of nitrogens with zero attached hydrogens (tertiary/aromatic N) is 4. The zero-order valence-corrected chi connectivity index (χ0v) is 18.8. The molecular weight excluding hydrogens is 356 g/mol. The molecule has 0 aromatic carbocycles. The lowest BCUT2D eigenvalue weighted by molar-refractivity contribution is -0.0936. The fourth-order valence-electron chi connectivity index (χ4n) is 8.05. The van der Waals surface area contributed by atoms with Gasteiger partial charge in [-0.2, -0.15) is 15.3 Å². The van der Waals surface area contributed by atoms with E-state index in [9.17, 15) is 0 Å². The summed E-state index contributed by atoms with van der Waals surface area (Å²) in [6, 6.07) is 0. The van der Waals surface area contributed by atoms with Crippen LogP contribution in [0.5, 0.6) is 0 Å². The molecule has 4 fully saturated rings. The second-order valence-corrected chi connectivity index (χ2v) is 11.0. The summed E-state index contributed by atoms with van der Waals surface area (Å²) in [6.07, 6.45) is 17.9. The van der Waals surface area contributed by atoms with Crippen LogP contribution in [0.15, 0.2) is 16.4 Å². The lowest BCUT2D eigenvalue weighted by Gasteiger charge is -2.59. The number of hydrogen-bond acceptors (Lipinski definition) is 3. The molecule has 4 saturated carbocycles. The number of fused-ring (bicyclic) bond motifs is 5. The fourth-order valence-corrected chi connectivity index (χ4v) is 8.05. The second kappa shape index (κ2) is 7.06. The zero-order chi connectivity index (χ0) is 20.2. The van der Waals surface area contributed by atoms with Gasteiger partial charge in [-0.25, -0.2) is 0 Å². The van der Waals surface area contributed by atoms with Crippen molar-refractivity contribution in [3.05, 3.63) is 17.5 Å². The van der Waals surface area contributed by atoms with E-state index in [4.69, 9.17) is 5.10 Å². The minimum atomic E-state index is 0.278. The molecule has 4 heteroatoms. The van der Waals surface area contributed by atoms with Crippen molar-refractivity contribution in [1.29, 1.82) is 0 Å². The lowest BCUT2D eigenvalue weighted by Crippen LogP contribution is -2.52. The van der Waals surface area contributed by atoms with Gasteiger partial charge in [0.05, 0.1) is 12.4 Å².